The summed E-state index contributed by atoms with van der Waals surface area (Å²) in [6.45, 7) is 2.45. The van der Waals surface area contributed by atoms with Crippen molar-refractivity contribution in [3.8, 4) is 0 Å². The van der Waals surface area contributed by atoms with Gasteiger partial charge in [0.25, 0.3) is 0 Å². The second-order valence-electron chi connectivity index (χ2n) is 3.89. The van der Waals surface area contributed by atoms with Crippen molar-refractivity contribution in [1.82, 2.24) is 4.90 Å². The van der Waals surface area contributed by atoms with Gasteiger partial charge in [-0.1, -0.05) is 24.3 Å². The number of hydrogen-bond donors (Lipinski definition) is 2. The molecule has 0 atom stereocenters. The fraction of sp³-hybridized carbons (Fsp3) is 0.455. The molecule has 0 amide bonds. The van der Waals surface area contributed by atoms with Crippen LogP contribution in [0.2, 0.25) is 0 Å². The zero-order valence-electron chi connectivity index (χ0n) is 8.59. The van der Waals surface area contributed by atoms with Crippen molar-refractivity contribution in [3.05, 3.63) is 35.9 Å². The van der Waals surface area contributed by atoms with Gasteiger partial charge in [-0.2, -0.15) is 10.6 Å². The van der Waals surface area contributed by atoms with Gasteiger partial charge >= 0.3 is 0 Å². The third-order valence-corrected chi connectivity index (χ3v) is 4.34. The van der Waals surface area contributed by atoms with Crippen LogP contribution in [0.5, 0.6) is 0 Å². The van der Waals surface area contributed by atoms with Crippen molar-refractivity contribution in [2.45, 2.75) is 6.54 Å². The SMILES string of the molecule is OS1(O)CCN(Cc2cc[c]cc2)CC1. The number of benzene rings is 1. The molecule has 1 saturated heterocycles. The van der Waals surface area contributed by atoms with Crippen molar-refractivity contribution in [1.29, 1.82) is 0 Å². The summed E-state index contributed by atoms with van der Waals surface area (Å²) in [5.74, 6) is 1.04. The summed E-state index contributed by atoms with van der Waals surface area (Å²) in [4.78, 5) is 2.26. The second-order valence-corrected chi connectivity index (χ2v) is 6.32. The number of nitrogens with zero attached hydrogens (tertiary/aromatic N) is 1. The van der Waals surface area contributed by atoms with E-state index < -0.39 is 10.6 Å². The molecule has 15 heavy (non-hydrogen) atoms. The standard InChI is InChI=1S/C11H16NO2S/c13-15(14)8-6-12(7-9-15)10-11-4-2-1-3-5-11/h2-5,13-14H,6-10H2. The highest BCUT2D eigenvalue weighted by Gasteiger charge is 2.21. The Morgan fingerprint density at radius 3 is 2.40 bits per heavy atom. The molecule has 4 heteroatoms. The molecule has 0 spiro atoms. The fourth-order valence-corrected chi connectivity index (χ4v) is 3.01. The third kappa shape index (κ3) is 3.21. The van der Waals surface area contributed by atoms with Crippen LogP contribution in [0.15, 0.2) is 24.3 Å². The third-order valence-electron chi connectivity index (χ3n) is 2.66. The zero-order chi connectivity index (χ0) is 10.7. The van der Waals surface area contributed by atoms with Crippen LogP contribution in [-0.2, 0) is 6.54 Å². The molecule has 1 radical (unpaired) electrons. The monoisotopic (exact) mass is 226 g/mol. The first-order chi connectivity index (χ1) is 7.16. The molecule has 3 nitrogen and oxygen atoms in total. The molecular weight excluding hydrogens is 210 g/mol. The highest BCUT2D eigenvalue weighted by atomic mass is 32.3. The van der Waals surface area contributed by atoms with Crippen molar-refractivity contribution in [3.63, 3.8) is 0 Å². The Hall–Kier alpha value is -0.550. The molecule has 1 fully saturated rings. The summed E-state index contributed by atoms with van der Waals surface area (Å²) in [5, 5.41) is 0. The number of rotatable bonds is 2. The van der Waals surface area contributed by atoms with Crippen LogP contribution in [0.25, 0.3) is 0 Å². The van der Waals surface area contributed by atoms with E-state index in [1.807, 2.05) is 24.3 Å². The van der Waals surface area contributed by atoms with E-state index in [0.717, 1.165) is 19.6 Å². The van der Waals surface area contributed by atoms with Gasteiger partial charge in [0, 0.05) is 19.6 Å². The molecular formula is C11H16NO2S. The lowest BCUT2D eigenvalue weighted by atomic mass is 10.2. The van der Waals surface area contributed by atoms with Gasteiger partial charge in [0.1, 0.15) is 0 Å². The summed E-state index contributed by atoms with van der Waals surface area (Å²) in [6.07, 6.45) is 0. The van der Waals surface area contributed by atoms with E-state index in [-0.39, 0.29) is 0 Å². The van der Waals surface area contributed by atoms with Gasteiger partial charge in [0.15, 0.2) is 0 Å². The first-order valence-electron chi connectivity index (χ1n) is 5.07. The minimum Gasteiger partial charge on any atom is -0.299 e. The Balaban J connectivity index is 1.88. The maximum atomic E-state index is 9.47. The molecule has 0 aliphatic carbocycles. The lowest BCUT2D eigenvalue weighted by Crippen LogP contribution is -2.37. The zero-order valence-corrected chi connectivity index (χ0v) is 9.41. The minimum absolute atomic E-state index is 0.520. The van der Waals surface area contributed by atoms with E-state index in [1.54, 1.807) is 0 Å². The average Bonchev–Trinajstić information content (AvgIpc) is 2.23. The molecule has 1 heterocycles. The molecule has 0 saturated carbocycles. The largest absolute Gasteiger partial charge is 0.299 e. The van der Waals surface area contributed by atoms with Gasteiger partial charge in [0.05, 0.1) is 11.5 Å². The van der Waals surface area contributed by atoms with Gasteiger partial charge < -0.3 is 0 Å². The molecule has 0 unspecified atom stereocenters. The quantitative estimate of drug-likeness (QED) is 0.811. The summed E-state index contributed by atoms with van der Waals surface area (Å²) >= 11 is 0. The van der Waals surface area contributed by atoms with Gasteiger partial charge in [-0.05, 0) is 11.6 Å². The van der Waals surface area contributed by atoms with Crippen LogP contribution in [-0.4, -0.2) is 38.6 Å². The van der Waals surface area contributed by atoms with Crippen LogP contribution in [0, 0.1) is 6.07 Å². The lowest BCUT2D eigenvalue weighted by molar-refractivity contribution is 0.278. The van der Waals surface area contributed by atoms with Crippen LogP contribution < -0.4 is 0 Å². The van der Waals surface area contributed by atoms with Gasteiger partial charge in [-0.25, -0.2) is 0 Å². The van der Waals surface area contributed by atoms with Gasteiger partial charge in [-0.15, -0.1) is 0 Å². The van der Waals surface area contributed by atoms with E-state index in [9.17, 15) is 9.11 Å². The Morgan fingerprint density at radius 2 is 1.80 bits per heavy atom. The molecule has 0 aromatic heterocycles. The van der Waals surface area contributed by atoms with E-state index in [4.69, 9.17) is 0 Å². The maximum absolute atomic E-state index is 9.47. The smallest absolute Gasteiger partial charge is 0.0502 e. The predicted octanol–water partition coefficient (Wildman–Crippen LogP) is 2.05. The van der Waals surface area contributed by atoms with E-state index in [2.05, 4.69) is 11.0 Å². The topological polar surface area (TPSA) is 43.7 Å². The first kappa shape index (κ1) is 11.0. The molecule has 0 bridgehead atoms. The van der Waals surface area contributed by atoms with Crippen LogP contribution in [0.1, 0.15) is 5.56 Å². The molecule has 1 aromatic carbocycles. The van der Waals surface area contributed by atoms with Gasteiger partial charge in [-0.3, -0.25) is 14.0 Å². The maximum Gasteiger partial charge on any atom is 0.0502 e. The minimum atomic E-state index is -2.26. The summed E-state index contributed by atoms with van der Waals surface area (Å²) in [6, 6.07) is 10.9. The first-order valence-corrected chi connectivity index (χ1v) is 6.95. The van der Waals surface area contributed by atoms with Crippen LogP contribution in [0.4, 0.5) is 0 Å². The molecule has 1 aliphatic rings. The summed E-state index contributed by atoms with van der Waals surface area (Å²) < 4.78 is 18.9. The highest BCUT2D eigenvalue weighted by molar-refractivity contribution is 8.24. The van der Waals surface area contributed by atoms with Crippen LogP contribution >= 0.6 is 10.6 Å². The summed E-state index contributed by atoms with van der Waals surface area (Å²) in [5.41, 5.74) is 1.26. The Labute approximate surface area is 92.1 Å². The average molecular weight is 226 g/mol. The summed E-state index contributed by atoms with van der Waals surface area (Å²) in [7, 11) is -2.26. The number of hydrogen-bond acceptors (Lipinski definition) is 3. The van der Waals surface area contributed by atoms with Crippen molar-refractivity contribution >= 4 is 10.6 Å². The molecule has 83 valence electrons. The Morgan fingerprint density at radius 1 is 1.20 bits per heavy atom. The van der Waals surface area contributed by atoms with Crippen molar-refractivity contribution in [2.75, 3.05) is 24.6 Å². The Kier molecular flexibility index (Phi) is 3.31. The highest BCUT2D eigenvalue weighted by Crippen LogP contribution is 2.40. The van der Waals surface area contributed by atoms with E-state index >= 15 is 0 Å². The van der Waals surface area contributed by atoms with E-state index in [1.165, 1.54) is 5.56 Å². The van der Waals surface area contributed by atoms with E-state index in [0.29, 0.717) is 11.5 Å². The lowest BCUT2D eigenvalue weighted by Gasteiger charge is -2.40. The molecule has 1 aromatic rings. The predicted molar refractivity (Wildman–Crippen MR) is 63.1 cm³/mol. The molecule has 1 aliphatic heterocycles. The second kappa shape index (κ2) is 4.53. The normalized spacial score (nSPS) is 23.6. The van der Waals surface area contributed by atoms with Gasteiger partial charge in [0.2, 0.25) is 0 Å². The molecule has 2 rings (SSSR count). The fourth-order valence-electron chi connectivity index (χ4n) is 1.71. The van der Waals surface area contributed by atoms with Crippen LogP contribution in [0.3, 0.4) is 0 Å². The van der Waals surface area contributed by atoms with Crippen molar-refractivity contribution < 1.29 is 9.11 Å². The van der Waals surface area contributed by atoms with Crippen molar-refractivity contribution in [2.24, 2.45) is 0 Å². The Bertz CT molecular complexity index is 306. The molecule has 2 N–H and O–H groups in total.